The zero-order valence-electron chi connectivity index (χ0n) is 7.79. The van der Waals surface area contributed by atoms with Gasteiger partial charge < -0.3 is 0 Å². The Morgan fingerprint density at radius 1 is 1.08 bits per heavy atom. The molecule has 0 spiro atoms. The molecule has 0 unspecified atom stereocenters. The molecule has 0 saturated heterocycles. The first-order valence-corrected chi connectivity index (χ1v) is 4.73. The van der Waals surface area contributed by atoms with Gasteiger partial charge in [0.15, 0.2) is 0 Å². The summed E-state index contributed by atoms with van der Waals surface area (Å²) in [6, 6.07) is 2.57. The molecular formula is C10H11Cl2F. The third kappa shape index (κ3) is 2.35. The summed E-state index contributed by atoms with van der Waals surface area (Å²) in [5.74, 6) is -0.400. The first-order valence-electron chi connectivity index (χ1n) is 3.97. The van der Waals surface area contributed by atoms with E-state index in [2.05, 4.69) is 0 Å². The SMILES string of the molecule is CC(C)(C)c1c(Cl)cc(F)cc1Cl. The van der Waals surface area contributed by atoms with Crippen molar-refractivity contribution >= 4 is 23.2 Å². The minimum Gasteiger partial charge on any atom is -0.207 e. The maximum Gasteiger partial charge on any atom is 0.126 e. The summed E-state index contributed by atoms with van der Waals surface area (Å²) in [6.07, 6.45) is 0. The van der Waals surface area contributed by atoms with Gasteiger partial charge in [0, 0.05) is 10.0 Å². The van der Waals surface area contributed by atoms with Crippen LogP contribution in [0.1, 0.15) is 26.3 Å². The van der Waals surface area contributed by atoms with Crippen LogP contribution in [-0.4, -0.2) is 0 Å². The van der Waals surface area contributed by atoms with Gasteiger partial charge in [0.25, 0.3) is 0 Å². The molecule has 0 bridgehead atoms. The van der Waals surface area contributed by atoms with Crippen LogP contribution >= 0.6 is 23.2 Å². The Bertz CT molecular complexity index is 303. The summed E-state index contributed by atoms with van der Waals surface area (Å²) in [6.45, 7) is 5.95. The van der Waals surface area contributed by atoms with Gasteiger partial charge in [0.2, 0.25) is 0 Å². The molecule has 1 rings (SSSR count). The van der Waals surface area contributed by atoms with E-state index in [1.165, 1.54) is 12.1 Å². The average molecular weight is 221 g/mol. The van der Waals surface area contributed by atoms with Crippen LogP contribution in [0.5, 0.6) is 0 Å². The second-order valence-corrected chi connectivity index (χ2v) is 4.81. The van der Waals surface area contributed by atoms with Crippen molar-refractivity contribution in [2.75, 3.05) is 0 Å². The Labute approximate surface area is 87.7 Å². The lowest BCUT2D eigenvalue weighted by molar-refractivity contribution is 0.583. The Balaban J connectivity index is 3.38. The lowest BCUT2D eigenvalue weighted by Gasteiger charge is -2.21. The maximum atomic E-state index is 12.8. The van der Waals surface area contributed by atoms with Crippen LogP contribution in [0, 0.1) is 5.82 Å². The van der Waals surface area contributed by atoms with Crippen LogP contribution in [-0.2, 0) is 5.41 Å². The van der Waals surface area contributed by atoms with E-state index in [0.717, 1.165) is 5.56 Å². The monoisotopic (exact) mass is 220 g/mol. The highest BCUT2D eigenvalue weighted by Gasteiger charge is 2.21. The number of hydrogen-bond donors (Lipinski definition) is 0. The fourth-order valence-electron chi connectivity index (χ4n) is 1.26. The minimum absolute atomic E-state index is 0.165. The molecular weight excluding hydrogens is 210 g/mol. The molecule has 0 radical (unpaired) electrons. The first kappa shape index (κ1) is 10.8. The summed E-state index contributed by atoms with van der Waals surface area (Å²) >= 11 is 11.8. The van der Waals surface area contributed by atoms with Crippen LogP contribution in [0.3, 0.4) is 0 Å². The smallest absolute Gasteiger partial charge is 0.126 e. The van der Waals surface area contributed by atoms with E-state index in [1.54, 1.807) is 0 Å². The van der Waals surface area contributed by atoms with E-state index >= 15 is 0 Å². The topological polar surface area (TPSA) is 0 Å². The van der Waals surface area contributed by atoms with Crippen LogP contribution in [0.25, 0.3) is 0 Å². The number of halogens is 3. The molecule has 1 aromatic carbocycles. The van der Waals surface area contributed by atoms with Gasteiger partial charge in [-0.15, -0.1) is 0 Å². The molecule has 0 nitrogen and oxygen atoms in total. The molecule has 1 aromatic rings. The van der Waals surface area contributed by atoms with Gasteiger partial charge in [-0.05, 0) is 23.1 Å². The van der Waals surface area contributed by atoms with Gasteiger partial charge in [0.1, 0.15) is 5.82 Å². The molecule has 0 fully saturated rings. The molecule has 72 valence electrons. The molecule has 0 aliphatic heterocycles. The standard InChI is InChI=1S/C10H11Cl2F/c1-10(2,3)9-7(11)4-6(13)5-8(9)12/h4-5H,1-3H3. The predicted molar refractivity (Wildman–Crippen MR) is 55.1 cm³/mol. The van der Waals surface area contributed by atoms with Crippen molar-refractivity contribution < 1.29 is 4.39 Å². The third-order valence-corrected chi connectivity index (χ3v) is 2.35. The van der Waals surface area contributed by atoms with Crippen molar-refractivity contribution in [1.29, 1.82) is 0 Å². The second kappa shape index (κ2) is 3.47. The summed E-state index contributed by atoms with van der Waals surface area (Å²) in [5.41, 5.74) is 0.624. The molecule has 0 aliphatic carbocycles. The lowest BCUT2D eigenvalue weighted by Crippen LogP contribution is -2.12. The third-order valence-electron chi connectivity index (χ3n) is 1.76. The van der Waals surface area contributed by atoms with Crippen LogP contribution in [0.15, 0.2) is 12.1 Å². The van der Waals surface area contributed by atoms with Gasteiger partial charge in [0.05, 0.1) is 0 Å². The largest absolute Gasteiger partial charge is 0.207 e. The zero-order chi connectivity index (χ0) is 10.2. The van der Waals surface area contributed by atoms with Crippen molar-refractivity contribution in [1.82, 2.24) is 0 Å². The summed E-state index contributed by atoms with van der Waals surface area (Å²) in [5, 5.41) is 0.773. The highest BCUT2D eigenvalue weighted by atomic mass is 35.5. The van der Waals surface area contributed by atoms with E-state index in [-0.39, 0.29) is 5.41 Å². The highest BCUT2D eigenvalue weighted by Crippen LogP contribution is 2.35. The fraction of sp³-hybridized carbons (Fsp3) is 0.400. The summed E-state index contributed by atoms with van der Waals surface area (Å²) < 4.78 is 12.8. The molecule has 0 heterocycles. The molecule has 13 heavy (non-hydrogen) atoms. The molecule has 0 saturated carbocycles. The van der Waals surface area contributed by atoms with Crippen LogP contribution in [0.2, 0.25) is 10.0 Å². The van der Waals surface area contributed by atoms with E-state index in [4.69, 9.17) is 23.2 Å². The summed E-state index contributed by atoms with van der Waals surface area (Å²) in [4.78, 5) is 0. The van der Waals surface area contributed by atoms with E-state index in [1.807, 2.05) is 20.8 Å². The van der Waals surface area contributed by atoms with Gasteiger partial charge in [-0.2, -0.15) is 0 Å². The molecule has 0 atom stereocenters. The molecule has 0 amide bonds. The normalized spacial score (nSPS) is 11.8. The minimum atomic E-state index is -0.400. The summed E-state index contributed by atoms with van der Waals surface area (Å²) in [7, 11) is 0. The van der Waals surface area contributed by atoms with Crippen molar-refractivity contribution in [3.63, 3.8) is 0 Å². The zero-order valence-corrected chi connectivity index (χ0v) is 9.30. The van der Waals surface area contributed by atoms with Crippen molar-refractivity contribution in [2.45, 2.75) is 26.2 Å². The molecule has 3 heteroatoms. The van der Waals surface area contributed by atoms with Crippen molar-refractivity contribution in [3.05, 3.63) is 33.6 Å². The predicted octanol–water partition coefficient (Wildman–Crippen LogP) is 4.43. The van der Waals surface area contributed by atoms with Gasteiger partial charge in [-0.25, -0.2) is 4.39 Å². The Morgan fingerprint density at radius 2 is 1.46 bits per heavy atom. The van der Waals surface area contributed by atoms with E-state index in [0.29, 0.717) is 10.0 Å². The molecule has 0 aliphatic rings. The van der Waals surface area contributed by atoms with Crippen LogP contribution in [0.4, 0.5) is 4.39 Å². The van der Waals surface area contributed by atoms with Gasteiger partial charge >= 0.3 is 0 Å². The van der Waals surface area contributed by atoms with Crippen molar-refractivity contribution in [3.8, 4) is 0 Å². The Hall–Kier alpha value is -0.270. The van der Waals surface area contributed by atoms with Gasteiger partial charge in [-0.1, -0.05) is 44.0 Å². The highest BCUT2D eigenvalue weighted by molar-refractivity contribution is 6.36. The van der Waals surface area contributed by atoms with E-state index in [9.17, 15) is 4.39 Å². The number of rotatable bonds is 0. The quantitative estimate of drug-likeness (QED) is 0.607. The maximum absolute atomic E-state index is 12.8. The van der Waals surface area contributed by atoms with Gasteiger partial charge in [-0.3, -0.25) is 0 Å². The van der Waals surface area contributed by atoms with Crippen LogP contribution < -0.4 is 0 Å². The van der Waals surface area contributed by atoms with Crippen molar-refractivity contribution in [2.24, 2.45) is 0 Å². The molecule has 0 N–H and O–H groups in total. The average Bonchev–Trinajstić information content (AvgIpc) is 1.78. The molecule has 0 aromatic heterocycles. The lowest BCUT2D eigenvalue weighted by atomic mass is 9.87. The van der Waals surface area contributed by atoms with E-state index < -0.39 is 5.82 Å². The first-order chi connectivity index (χ1) is 5.82. The Morgan fingerprint density at radius 3 is 1.77 bits per heavy atom. The Kier molecular flexibility index (Phi) is 2.88. The number of hydrogen-bond acceptors (Lipinski definition) is 0. The number of benzene rings is 1. The second-order valence-electron chi connectivity index (χ2n) is 3.99. The fourth-order valence-corrected chi connectivity index (χ4v) is 2.29.